The average Bonchev–Trinajstić information content (AvgIpc) is 2.72. The quantitative estimate of drug-likeness (QED) is 0.129. The van der Waals surface area contributed by atoms with Gasteiger partial charge in [0.15, 0.2) is 12.8 Å². The van der Waals surface area contributed by atoms with Crippen molar-refractivity contribution in [3.63, 3.8) is 0 Å². The minimum atomic E-state index is -2.67. The molecule has 0 radical (unpaired) electrons. The topological polar surface area (TPSA) is 83.3 Å². The Morgan fingerprint density at radius 3 is 2.14 bits per heavy atom. The molecule has 1 unspecified atom stereocenters. The second-order valence-corrected chi connectivity index (χ2v) is 10.7. The zero-order chi connectivity index (χ0) is 22.5. The molecule has 0 aromatic carbocycles. The first-order valence-corrected chi connectivity index (χ1v) is 12.1. The highest BCUT2D eigenvalue weighted by atomic mass is 28.4. The molecule has 0 amide bonds. The van der Waals surface area contributed by atoms with Crippen LogP contribution in [0.2, 0.25) is 6.04 Å². The highest BCUT2D eigenvalue weighted by Gasteiger charge is 2.38. The Hall–Kier alpha value is -1.29. The van der Waals surface area contributed by atoms with E-state index in [0.717, 1.165) is 6.54 Å². The third-order valence-electron chi connectivity index (χ3n) is 5.04. The maximum atomic E-state index is 12.5. The summed E-state index contributed by atoms with van der Waals surface area (Å²) in [6, 6.07) is 0.552. The van der Waals surface area contributed by atoms with Gasteiger partial charge in [0.2, 0.25) is 0 Å². The van der Waals surface area contributed by atoms with Crippen molar-refractivity contribution in [3.05, 3.63) is 0 Å². The molecule has 170 valence electrons. The summed E-state index contributed by atoms with van der Waals surface area (Å²) in [7, 11) is 3.91. The maximum Gasteiger partial charge on any atom is 0.500 e. The summed E-state index contributed by atoms with van der Waals surface area (Å²) in [5.41, 5.74) is -0.790. The molecule has 0 bridgehead atoms. The minimum Gasteiger partial charge on any atom is -0.465 e. The van der Waals surface area contributed by atoms with Crippen LogP contribution >= 0.6 is 0 Å². The van der Waals surface area contributed by atoms with E-state index in [4.69, 9.17) is 22.8 Å². The molecule has 0 heterocycles. The number of hydrogen-bond donors (Lipinski definition) is 0. The van der Waals surface area contributed by atoms with Crippen LogP contribution in [0, 0.1) is 11.3 Å². The van der Waals surface area contributed by atoms with Gasteiger partial charge in [-0.2, -0.15) is 0 Å². The molecule has 9 heteroatoms. The van der Waals surface area contributed by atoms with E-state index in [1.807, 2.05) is 31.7 Å². The molecule has 0 aliphatic rings. The molecular weight excluding hydrogens is 394 g/mol. The van der Waals surface area contributed by atoms with Crippen molar-refractivity contribution in [2.75, 3.05) is 48.1 Å². The summed E-state index contributed by atoms with van der Waals surface area (Å²) < 4.78 is 28.8. The predicted molar refractivity (Wildman–Crippen MR) is 113 cm³/mol. The van der Waals surface area contributed by atoms with E-state index in [0.29, 0.717) is 25.3 Å². The fraction of sp³-hybridized carbons (Fsp3) is 0.850. The van der Waals surface area contributed by atoms with Gasteiger partial charge in [-0.3, -0.25) is 9.59 Å². The third kappa shape index (κ3) is 9.84. The molecule has 0 N–H and O–H groups in total. The largest absolute Gasteiger partial charge is 0.500 e. The number of nitrogens with zero attached hydrogens (tertiary/aromatic N) is 1. The molecule has 0 aliphatic heterocycles. The molecular formula is C20H40NO7Si+. The number of rotatable bonds is 15. The Kier molecular flexibility index (Phi) is 13.2. The van der Waals surface area contributed by atoms with Gasteiger partial charge in [0.25, 0.3) is 0 Å². The van der Waals surface area contributed by atoms with Gasteiger partial charge >= 0.3 is 20.7 Å². The summed E-state index contributed by atoms with van der Waals surface area (Å²) in [6.45, 7) is 8.84. The molecule has 8 nitrogen and oxygen atoms in total. The van der Waals surface area contributed by atoms with E-state index >= 15 is 0 Å². The lowest BCUT2D eigenvalue weighted by Gasteiger charge is -2.27. The van der Waals surface area contributed by atoms with Gasteiger partial charge < -0.3 is 22.8 Å². The highest BCUT2D eigenvalue weighted by Crippen LogP contribution is 2.29. The van der Waals surface area contributed by atoms with Gasteiger partial charge in [-0.05, 0) is 40.0 Å². The van der Waals surface area contributed by atoms with Crippen molar-refractivity contribution in [3.8, 4) is 0 Å². The van der Waals surface area contributed by atoms with E-state index < -0.39 is 14.2 Å². The predicted octanol–water partition coefficient (Wildman–Crippen LogP) is 2.52. The van der Waals surface area contributed by atoms with Crippen LogP contribution in [-0.4, -0.2) is 79.7 Å². The Morgan fingerprint density at radius 1 is 1.07 bits per heavy atom. The van der Waals surface area contributed by atoms with Crippen LogP contribution in [0.4, 0.5) is 0 Å². The fourth-order valence-electron chi connectivity index (χ4n) is 2.79. The molecule has 0 fully saturated rings. The van der Waals surface area contributed by atoms with Crippen molar-refractivity contribution >= 4 is 27.0 Å². The average molecular weight is 435 g/mol. The van der Waals surface area contributed by atoms with Crippen molar-refractivity contribution in [1.82, 2.24) is 0 Å². The molecule has 0 aliphatic carbocycles. The Balaban J connectivity index is 4.60. The van der Waals surface area contributed by atoms with Crippen molar-refractivity contribution < 1.29 is 36.9 Å². The summed E-state index contributed by atoms with van der Waals surface area (Å²) in [5, 5.41) is 0. The standard InChI is InChI=1S/C20H40NO7Si/c1-9-17(18(22)27-14-12-21(5)10-2)16-20(3,4)19(23)28-13-11-15-29(24-6,25-7)26-8/h12,17H,9-11,13-16H2,1-8H3/q+1. The van der Waals surface area contributed by atoms with Crippen molar-refractivity contribution in [2.45, 2.75) is 53.0 Å². The van der Waals surface area contributed by atoms with Gasteiger partial charge in [-0.1, -0.05) is 6.92 Å². The second kappa shape index (κ2) is 13.8. The maximum absolute atomic E-state index is 12.5. The van der Waals surface area contributed by atoms with Gasteiger partial charge in [0.05, 0.1) is 17.9 Å². The zero-order valence-corrected chi connectivity index (χ0v) is 20.4. The van der Waals surface area contributed by atoms with Gasteiger partial charge in [0.1, 0.15) is 13.6 Å². The van der Waals surface area contributed by atoms with Crippen LogP contribution in [0.25, 0.3) is 0 Å². The van der Waals surface area contributed by atoms with Crippen molar-refractivity contribution in [2.24, 2.45) is 11.3 Å². The number of esters is 2. The molecule has 0 rings (SSSR count). The van der Waals surface area contributed by atoms with Crippen LogP contribution < -0.4 is 0 Å². The van der Waals surface area contributed by atoms with E-state index in [-0.39, 0.29) is 31.1 Å². The minimum absolute atomic E-state index is 0.231. The van der Waals surface area contributed by atoms with Crippen LogP contribution in [-0.2, 0) is 32.3 Å². The Labute approximate surface area is 176 Å². The second-order valence-electron chi connectivity index (χ2n) is 7.61. The number of carbonyl (C=O) groups is 2. The van der Waals surface area contributed by atoms with E-state index in [2.05, 4.69) is 0 Å². The van der Waals surface area contributed by atoms with E-state index in [9.17, 15) is 9.59 Å². The lowest BCUT2D eigenvalue weighted by molar-refractivity contribution is -0.489. The first-order chi connectivity index (χ1) is 13.6. The fourth-order valence-corrected chi connectivity index (χ4v) is 4.48. The van der Waals surface area contributed by atoms with Crippen LogP contribution in [0.15, 0.2) is 0 Å². The molecule has 29 heavy (non-hydrogen) atoms. The lowest BCUT2D eigenvalue weighted by atomic mass is 9.81. The van der Waals surface area contributed by atoms with Crippen LogP contribution in [0.5, 0.6) is 0 Å². The van der Waals surface area contributed by atoms with Gasteiger partial charge in [-0.25, -0.2) is 4.58 Å². The normalized spacial score (nSPS) is 13.9. The highest BCUT2D eigenvalue weighted by molar-refractivity contribution is 6.60. The van der Waals surface area contributed by atoms with Gasteiger partial charge in [-0.15, -0.1) is 0 Å². The number of hydrogen-bond acceptors (Lipinski definition) is 7. The summed E-state index contributed by atoms with van der Waals surface area (Å²) in [5.74, 6) is -0.973. The molecule has 0 aromatic rings. The van der Waals surface area contributed by atoms with Crippen LogP contribution in [0.3, 0.4) is 0 Å². The summed E-state index contributed by atoms with van der Waals surface area (Å²) in [4.78, 5) is 24.9. The molecule has 0 spiro atoms. The van der Waals surface area contributed by atoms with E-state index in [1.165, 1.54) is 0 Å². The number of carbonyl (C=O) groups excluding carboxylic acids is 2. The van der Waals surface area contributed by atoms with Crippen LogP contribution in [0.1, 0.15) is 47.0 Å². The Bertz CT molecular complexity index is 525. The molecule has 1 atom stereocenters. The smallest absolute Gasteiger partial charge is 0.465 e. The SMILES string of the molecule is CCC(CC(C)(C)C(=O)OCCC[Si](OC)(OC)OC)C(=O)OCC=[N+](C)CC. The molecule has 0 aromatic heterocycles. The third-order valence-corrected chi connectivity index (χ3v) is 7.87. The first kappa shape index (κ1) is 27.7. The first-order valence-electron chi connectivity index (χ1n) is 10.1. The summed E-state index contributed by atoms with van der Waals surface area (Å²) >= 11 is 0. The summed E-state index contributed by atoms with van der Waals surface area (Å²) in [6.07, 6.45) is 3.37. The Morgan fingerprint density at radius 2 is 1.66 bits per heavy atom. The lowest BCUT2D eigenvalue weighted by Crippen LogP contribution is -2.42. The van der Waals surface area contributed by atoms with Gasteiger partial charge in [0, 0.05) is 27.4 Å². The zero-order valence-electron chi connectivity index (χ0n) is 19.4. The molecule has 0 saturated carbocycles. The monoisotopic (exact) mass is 434 g/mol. The molecule has 0 saturated heterocycles. The van der Waals surface area contributed by atoms with Crippen molar-refractivity contribution in [1.29, 1.82) is 0 Å². The number of ether oxygens (including phenoxy) is 2. The van der Waals surface area contributed by atoms with E-state index in [1.54, 1.807) is 35.2 Å².